The van der Waals surface area contributed by atoms with Crippen molar-refractivity contribution in [2.75, 3.05) is 5.32 Å². The van der Waals surface area contributed by atoms with Gasteiger partial charge in [-0.2, -0.15) is 10.4 Å². The fraction of sp³-hybridized carbons (Fsp3) is 0.0556. The van der Waals surface area contributed by atoms with Crippen molar-refractivity contribution in [3.05, 3.63) is 71.2 Å². The van der Waals surface area contributed by atoms with Crippen LogP contribution < -0.4 is 5.32 Å². The molecule has 1 unspecified atom stereocenters. The largest absolute Gasteiger partial charge is 0.336 e. The standard InChI is InChI=1S/C18H11N7O/c19-8-11-15(10-4-3-6-14-17(10)25-26-24-14)12-9-21-23-18(12)22-16(11)13-5-1-2-7-20-13/h1-7,9,15H,(H2,21,22,23). The lowest BCUT2D eigenvalue weighted by Gasteiger charge is -2.25. The summed E-state index contributed by atoms with van der Waals surface area (Å²) >= 11 is 0. The molecule has 1 atom stereocenters. The summed E-state index contributed by atoms with van der Waals surface area (Å²) in [5.74, 6) is 0.297. The van der Waals surface area contributed by atoms with E-state index in [0.29, 0.717) is 33.8 Å². The molecule has 1 aliphatic heterocycles. The van der Waals surface area contributed by atoms with E-state index >= 15 is 0 Å². The number of fused-ring (bicyclic) bond motifs is 2. The number of pyridine rings is 1. The first kappa shape index (κ1) is 14.4. The van der Waals surface area contributed by atoms with Gasteiger partial charge in [0.2, 0.25) is 0 Å². The van der Waals surface area contributed by atoms with Crippen molar-refractivity contribution in [1.29, 1.82) is 5.26 Å². The Kier molecular flexibility index (Phi) is 3.05. The number of aromatic nitrogens is 5. The molecule has 0 fully saturated rings. The van der Waals surface area contributed by atoms with E-state index in [1.807, 2.05) is 36.4 Å². The van der Waals surface area contributed by atoms with Gasteiger partial charge < -0.3 is 5.32 Å². The predicted octanol–water partition coefficient (Wildman–Crippen LogP) is 2.83. The van der Waals surface area contributed by atoms with Crippen molar-refractivity contribution in [2.24, 2.45) is 0 Å². The zero-order valence-corrected chi connectivity index (χ0v) is 13.3. The van der Waals surface area contributed by atoms with Gasteiger partial charge in [-0.3, -0.25) is 10.1 Å². The second kappa shape index (κ2) is 5.53. The summed E-state index contributed by atoms with van der Waals surface area (Å²) in [4.78, 5) is 4.38. The van der Waals surface area contributed by atoms with Gasteiger partial charge in [-0.15, -0.1) is 0 Å². The maximum absolute atomic E-state index is 9.97. The zero-order chi connectivity index (χ0) is 17.5. The van der Waals surface area contributed by atoms with Crippen molar-refractivity contribution in [2.45, 2.75) is 5.92 Å². The molecule has 4 aromatic rings. The molecule has 0 saturated carbocycles. The number of aromatic amines is 1. The highest BCUT2D eigenvalue weighted by atomic mass is 16.6. The van der Waals surface area contributed by atoms with Crippen LogP contribution in [0.25, 0.3) is 16.7 Å². The molecular weight excluding hydrogens is 330 g/mol. The lowest BCUT2D eigenvalue weighted by Crippen LogP contribution is -2.18. The second-order valence-electron chi connectivity index (χ2n) is 5.84. The monoisotopic (exact) mass is 341 g/mol. The van der Waals surface area contributed by atoms with Crippen LogP contribution in [0.5, 0.6) is 0 Å². The molecule has 1 aromatic carbocycles. The summed E-state index contributed by atoms with van der Waals surface area (Å²) in [5, 5.41) is 28.3. The summed E-state index contributed by atoms with van der Waals surface area (Å²) in [6.07, 6.45) is 3.47. The first-order valence-electron chi connectivity index (χ1n) is 7.94. The minimum absolute atomic E-state index is 0.359. The van der Waals surface area contributed by atoms with E-state index in [1.165, 1.54) is 0 Å². The van der Waals surface area contributed by atoms with Crippen LogP contribution in [0.15, 0.2) is 59.0 Å². The molecule has 8 nitrogen and oxygen atoms in total. The van der Waals surface area contributed by atoms with Gasteiger partial charge in [-0.25, -0.2) is 4.63 Å². The van der Waals surface area contributed by atoms with Gasteiger partial charge in [0.25, 0.3) is 0 Å². The molecule has 4 heterocycles. The minimum atomic E-state index is -0.359. The number of nitriles is 1. The Labute approximate surface area is 147 Å². The number of allylic oxidation sites excluding steroid dienone is 1. The molecule has 0 aliphatic carbocycles. The van der Waals surface area contributed by atoms with E-state index in [9.17, 15) is 5.26 Å². The third-order valence-corrected chi connectivity index (χ3v) is 4.45. The highest BCUT2D eigenvalue weighted by molar-refractivity contribution is 5.88. The Morgan fingerprint density at radius 3 is 2.88 bits per heavy atom. The molecule has 0 saturated heterocycles. The number of hydrogen-bond donors (Lipinski definition) is 2. The molecule has 5 rings (SSSR count). The van der Waals surface area contributed by atoms with Crippen LogP contribution in [0.3, 0.4) is 0 Å². The third-order valence-electron chi connectivity index (χ3n) is 4.45. The Bertz CT molecular complexity index is 1180. The summed E-state index contributed by atoms with van der Waals surface area (Å²) in [5.41, 5.74) is 4.80. The quantitative estimate of drug-likeness (QED) is 0.576. The van der Waals surface area contributed by atoms with Gasteiger partial charge in [0.15, 0.2) is 5.82 Å². The first-order chi connectivity index (χ1) is 12.9. The molecule has 1 aliphatic rings. The van der Waals surface area contributed by atoms with Crippen molar-refractivity contribution in [3.8, 4) is 6.07 Å². The molecule has 0 radical (unpaired) electrons. The smallest absolute Gasteiger partial charge is 0.156 e. The summed E-state index contributed by atoms with van der Waals surface area (Å²) < 4.78 is 4.90. The number of H-pyrrole nitrogens is 1. The van der Waals surface area contributed by atoms with Gasteiger partial charge in [0.1, 0.15) is 11.0 Å². The van der Waals surface area contributed by atoms with E-state index in [0.717, 1.165) is 11.1 Å². The van der Waals surface area contributed by atoms with E-state index in [-0.39, 0.29) is 5.92 Å². The number of anilines is 1. The Hall–Kier alpha value is -3.99. The number of benzene rings is 1. The zero-order valence-electron chi connectivity index (χ0n) is 13.3. The average Bonchev–Trinajstić information content (AvgIpc) is 3.36. The van der Waals surface area contributed by atoms with Crippen molar-refractivity contribution < 1.29 is 4.63 Å². The van der Waals surface area contributed by atoms with Gasteiger partial charge >= 0.3 is 0 Å². The first-order valence-corrected chi connectivity index (χ1v) is 7.94. The Balaban J connectivity index is 1.81. The third kappa shape index (κ3) is 2.01. The summed E-state index contributed by atoms with van der Waals surface area (Å²) in [7, 11) is 0. The highest BCUT2D eigenvalue weighted by Crippen LogP contribution is 2.44. The minimum Gasteiger partial charge on any atom is -0.336 e. The van der Waals surface area contributed by atoms with E-state index in [1.54, 1.807) is 12.4 Å². The molecule has 26 heavy (non-hydrogen) atoms. The molecule has 0 amide bonds. The normalized spacial score (nSPS) is 16.2. The topological polar surface area (TPSA) is 116 Å². The number of nitrogens with one attached hydrogen (secondary N) is 2. The number of nitrogens with zero attached hydrogens (tertiary/aromatic N) is 5. The van der Waals surface area contributed by atoms with Crippen LogP contribution in [-0.4, -0.2) is 25.5 Å². The van der Waals surface area contributed by atoms with Crippen LogP contribution in [0.4, 0.5) is 5.82 Å². The van der Waals surface area contributed by atoms with Crippen molar-refractivity contribution in [1.82, 2.24) is 25.5 Å². The lowest BCUT2D eigenvalue weighted by atomic mass is 9.82. The number of hydrogen-bond acceptors (Lipinski definition) is 7. The fourth-order valence-corrected chi connectivity index (χ4v) is 3.32. The summed E-state index contributed by atoms with van der Waals surface area (Å²) in [6.45, 7) is 0. The maximum atomic E-state index is 9.97. The predicted molar refractivity (Wildman–Crippen MR) is 92.6 cm³/mol. The van der Waals surface area contributed by atoms with Gasteiger partial charge in [-0.1, -0.05) is 18.2 Å². The average molecular weight is 341 g/mol. The van der Waals surface area contributed by atoms with Gasteiger partial charge in [-0.05, 0) is 34.1 Å². The fourth-order valence-electron chi connectivity index (χ4n) is 3.32. The van der Waals surface area contributed by atoms with Crippen LogP contribution in [0.1, 0.15) is 22.7 Å². The second-order valence-corrected chi connectivity index (χ2v) is 5.84. The van der Waals surface area contributed by atoms with Gasteiger partial charge in [0.05, 0.1) is 29.0 Å². The van der Waals surface area contributed by atoms with E-state index in [4.69, 9.17) is 4.63 Å². The van der Waals surface area contributed by atoms with Crippen molar-refractivity contribution in [3.63, 3.8) is 0 Å². The Morgan fingerprint density at radius 1 is 1.08 bits per heavy atom. The lowest BCUT2D eigenvalue weighted by molar-refractivity contribution is 0.315. The molecule has 8 heteroatoms. The molecule has 124 valence electrons. The van der Waals surface area contributed by atoms with Crippen LogP contribution in [-0.2, 0) is 0 Å². The molecule has 3 aromatic heterocycles. The van der Waals surface area contributed by atoms with Crippen LogP contribution >= 0.6 is 0 Å². The van der Waals surface area contributed by atoms with Crippen LogP contribution in [0.2, 0.25) is 0 Å². The van der Waals surface area contributed by atoms with Crippen molar-refractivity contribution >= 4 is 22.5 Å². The number of rotatable bonds is 2. The van der Waals surface area contributed by atoms with E-state index < -0.39 is 0 Å². The summed E-state index contributed by atoms with van der Waals surface area (Å²) in [6, 6.07) is 13.5. The molecule has 0 bridgehead atoms. The SMILES string of the molecule is N#CC1=C(c2ccccn2)Nc2n[nH]cc2C1c1cccc2nonc12. The van der Waals surface area contributed by atoms with E-state index in [2.05, 4.69) is 36.9 Å². The molecular formula is C18H11N7O. The Morgan fingerprint density at radius 2 is 2.04 bits per heavy atom. The van der Waals surface area contributed by atoms with Crippen LogP contribution in [0, 0.1) is 11.3 Å². The molecule has 0 spiro atoms. The maximum Gasteiger partial charge on any atom is 0.156 e. The van der Waals surface area contributed by atoms with Gasteiger partial charge in [0, 0.05) is 18.0 Å². The molecule has 2 N–H and O–H groups in total. The highest BCUT2D eigenvalue weighted by Gasteiger charge is 2.34.